The van der Waals surface area contributed by atoms with Crippen molar-refractivity contribution < 1.29 is 9.90 Å². The Kier molecular flexibility index (Phi) is 2.61. The maximum Gasteiger partial charge on any atom is 0.337 e. The number of nitrogens with zero attached hydrogens (tertiary/aromatic N) is 1. The van der Waals surface area contributed by atoms with Crippen LogP contribution in [0, 0.1) is 0 Å². The van der Waals surface area contributed by atoms with Gasteiger partial charge in [-0.15, -0.1) is 0 Å². The molecule has 1 heterocycles. The third kappa shape index (κ3) is 1.94. The largest absolute Gasteiger partial charge is 0.478 e. The zero-order chi connectivity index (χ0) is 11.8. The predicted molar refractivity (Wildman–Crippen MR) is 64.4 cm³/mol. The Hall–Kier alpha value is -1.38. The molecule has 1 aromatic heterocycles. The van der Waals surface area contributed by atoms with Gasteiger partial charge in [0.05, 0.1) is 5.56 Å². The number of aryl methyl sites for hydroxylation is 1. The van der Waals surface area contributed by atoms with Gasteiger partial charge in [-0.3, -0.25) is 4.98 Å². The molecule has 0 saturated heterocycles. The Morgan fingerprint density at radius 1 is 1.24 bits per heavy atom. The smallest absolute Gasteiger partial charge is 0.337 e. The normalized spacial score (nSPS) is 19.5. The maximum absolute atomic E-state index is 11.3. The van der Waals surface area contributed by atoms with Gasteiger partial charge < -0.3 is 5.11 Å². The number of hydrogen-bond donors (Lipinski definition) is 1. The number of pyridine rings is 1. The van der Waals surface area contributed by atoms with Crippen LogP contribution >= 0.6 is 0 Å². The highest BCUT2D eigenvalue weighted by atomic mass is 16.4. The quantitative estimate of drug-likeness (QED) is 0.796. The second-order valence-corrected chi connectivity index (χ2v) is 5.15. The van der Waals surface area contributed by atoms with E-state index in [9.17, 15) is 9.90 Å². The molecule has 0 amide bonds. The highest BCUT2D eigenvalue weighted by molar-refractivity contribution is 5.90. The number of fused-ring (bicyclic) bond motifs is 1. The second kappa shape index (κ2) is 4.13. The third-order valence-electron chi connectivity index (χ3n) is 3.87. The van der Waals surface area contributed by atoms with E-state index < -0.39 is 5.97 Å². The van der Waals surface area contributed by atoms with Gasteiger partial charge in [0, 0.05) is 11.9 Å². The van der Waals surface area contributed by atoms with Crippen LogP contribution in [0.2, 0.25) is 0 Å². The van der Waals surface area contributed by atoms with Crippen molar-refractivity contribution in [3.63, 3.8) is 0 Å². The van der Waals surface area contributed by atoms with Gasteiger partial charge >= 0.3 is 5.97 Å². The van der Waals surface area contributed by atoms with Crippen LogP contribution in [0.1, 0.15) is 65.2 Å². The van der Waals surface area contributed by atoms with E-state index >= 15 is 0 Å². The van der Waals surface area contributed by atoms with Crippen LogP contribution in [0.4, 0.5) is 0 Å². The molecular weight excluding hydrogens is 214 g/mol. The summed E-state index contributed by atoms with van der Waals surface area (Å²) in [4.78, 5) is 15.7. The Morgan fingerprint density at radius 2 is 2.00 bits per heavy atom. The molecule has 1 fully saturated rings. The zero-order valence-corrected chi connectivity index (χ0v) is 9.91. The van der Waals surface area contributed by atoms with Crippen LogP contribution in [0.3, 0.4) is 0 Å². The van der Waals surface area contributed by atoms with E-state index in [4.69, 9.17) is 0 Å². The standard InChI is InChI=1S/C14H17NO2/c16-14(17)11-8-15-12-5-3-1-2-4-10(12)13(11)9-6-7-9/h8-9H,1-7H2,(H,16,17). The number of carbonyl (C=O) groups is 1. The van der Waals surface area contributed by atoms with Crippen molar-refractivity contribution in [1.82, 2.24) is 4.98 Å². The summed E-state index contributed by atoms with van der Waals surface area (Å²) in [5, 5.41) is 9.27. The first-order chi connectivity index (χ1) is 8.27. The van der Waals surface area contributed by atoms with Crippen LogP contribution in [-0.2, 0) is 12.8 Å². The average molecular weight is 231 g/mol. The second-order valence-electron chi connectivity index (χ2n) is 5.15. The van der Waals surface area contributed by atoms with E-state index in [0.717, 1.165) is 36.9 Å². The van der Waals surface area contributed by atoms with Crippen molar-refractivity contribution >= 4 is 5.97 Å². The van der Waals surface area contributed by atoms with Crippen molar-refractivity contribution in [1.29, 1.82) is 0 Å². The Labute approximate surface area is 101 Å². The Morgan fingerprint density at radius 3 is 2.71 bits per heavy atom. The number of aromatic nitrogens is 1. The van der Waals surface area contributed by atoms with Gasteiger partial charge in [0.2, 0.25) is 0 Å². The van der Waals surface area contributed by atoms with E-state index in [1.807, 2.05) is 0 Å². The first-order valence-electron chi connectivity index (χ1n) is 6.51. The monoisotopic (exact) mass is 231 g/mol. The van der Waals surface area contributed by atoms with E-state index in [0.29, 0.717) is 11.5 Å². The molecule has 2 aliphatic carbocycles. The molecule has 0 spiro atoms. The van der Waals surface area contributed by atoms with Gasteiger partial charge in [-0.05, 0) is 55.6 Å². The average Bonchev–Trinajstić information content (AvgIpc) is 3.14. The summed E-state index contributed by atoms with van der Waals surface area (Å²) in [6, 6.07) is 0. The molecule has 3 rings (SSSR count). The fraction of sp³-hybridized carbons (Fsp3) is 0.571. The summed E-state index contributed by atoms with van der Waals surface area (Å²) >= 11 is 0. The molecule has 2 aliphatic rings. The topological polar surface area (TPSA) is 50.2 Å². The summed E-state index contributed by atoms with van der Waals surface area (Å²) in [5.74, 6) is -0.317. The molecule has 0 aliphatic heterocycles. The first kappa shape index (κ1) is 10.8. The first-order valence-corrected chi connectivity index (χ1v) is 6.51. The molecule has 0 radical (unpaired) electrons. The highest BCUT2D eigenvalue weighted by Gasteiger charge is 2.32. The molecule has 3 heteroatoms. The van der Waals surface area contributed by atoms with Crippen molar-refractivity contribution in [2.75, 3.05) is 0 Å². The van der Waals surface area contributed by atoms with Gasteiger partial charge in [-0.1, -0.05) is 6.42 Å². The van der Waals surface area contributed by atoms with Crippen molar-refractivity contribution in [2.24, 2.45) is 0 Å². The SMILES string of the molecule is O=C(O)c1cnc2c(c1C1CC1)CCCCC2. The van der Waals surface area contributed by atoms with E-state index in [2.05, 4.69) is 4.98 Å². The van der Waals surface area contributed by atoms with Gasteiger partial charge in [0.15, 0.2) is 0 Å². The highest BCUT2D eigenvalue weighted by Crippen LogP contribution is 2.44. The lowest BCUT2D eigenvalue weighted by Crippen LogP contribution is -2.09. The van der Waals surface area contributed by atoms with Gasteiger partial charge in [0.1, 0.15) is 0 Å². The molecule has 90 valence electrons. The number of rotatable bonds is 2. The van der Waals surface area contributed by atoms with Crippen LogP contribution in [0.15, 0.2) is 6.20 Å². The zero-order valence-electron chi connectivity index (χ0n) is 9.91. The van der Waals surface area contributed by atoms with Crippen molar-refractivity contribution in [3.05, 3.63) is 28.6 Å². The summed E-state index contributed by atoms with van der Waals surface area (Å²) in [6.07, 6.45) is 9.54. The lowest BCUT2D eigenvalue weighted by molar-refractivity contribution is 0.0695. The molecular formula is C14H17NO2. The van der Waals surface area contributed by atoms with Gasteiger partial charge in [-0.2, -0.15) is 0 Å². The van der Waals surface area contributed by atoms with E-state index in [-0.39, 0.29) is 0 Å². The number of hydrogen-bond acceptors (Lipinski definition) is 2. The van der Waals surface area contributed by atoms with Gasteiger partial charge in [-0.25, -0.2) is 4.79 Å². The molecule has 0 unspecified atom stereocenters. The van der Waals surface area contributed by atoms with Crippen LogP contribution < -0.4 is 0 Å². The minimum absolute atomic E-state index is 0.452. The Bertz CT molecular complexity index is 464. The van der Waals surface area contributed by atoms with Crippen LogP contribution in [0.5, 0.6) is 0 Å². The molecule has 3 nitrogen and oxygen atoms in total. The fourth-order valence-corrected chi connectivity index (χ4v) is 2.88. The van der Waals surface area contributed by atoms with E-state index in [1.165, 1.54) is 24.8 Å². The number of carboxylic acids is 1. The van der Waals surface area contributed by atoms with Crippen molar-refractivity contribution in [2.45, 2.75) is 50.9 Å². The number of aromatic carboxylic acids is 1. The number of carboxylic acid groups (broad SMARTS) is 1. The lowest BCUT2D eigenvalue weighted by atomic mass is 9.94. The minimum Gasteiger partial charge on any atom is -0.478 e. The molecule has 17 heavy (non-hydrogen) atoms. The third-order valence-corrected chi connectivity index (χ3v) is 3.87. The molecule has 1 aromatic rings. The molecule has 0 bridgehead atoms. The summed E-state index contributed by atoms with van der Waals surface area (Å²) in [5.41, 5.74) is 4.00. The Balaban J connectivity index is 2.14. The van der Waals surface area contributed by atoms with E-state index in [1.54, 1.807) is 6.20 Å². The van der Waals surface area contributed by atoms with Crippen molar-refractivity contribution in [3.8, 4) is 0 Å². The predicted octanol–water partition coefficient (Wildman–Crippen LogP) is 2.93. The van der Waals surface area contributed by atoms with Crippen LogP contribution in [-0.4, -0.2) is 16.1 Å². The lowest BCUT2D eigenvalue weighted by Gasteiger charge is -2.13. The minimum atomic E-state index is -0.813. The van der Waals surface area contributed by atoms with Gasteiger partial charge in [0.25, 0.3) is 0 Å². The van der Waals surface area contributed by atoms with Crippen LogP contribution in [0.25, 0.3) is 0 Å². The summed E-state index contributed by atoms with van der Waals surface area (Å²) in [7, 11) is 0. The maximum atomic E-state index is 11.3. The molecule has 1 saturated carbocycles. The summed E-state index contributed by atoms with van der Waals surface area (Å²) in [6.45, 7) is 0. The molecule has 0 atom stereocenters. The summed E-state index contributed by atoms with van der Waals surface area (Å²) < 4.78 is 0. The molecule has 0 aromatic carbocycles. The fourth-order valence-electron chi connectivity index (χ4n) is 2.88. The molecule has 1 N–H and O–H groups in total.